The van der Waals surface area contributed by atoms with Crippen molar-refractivity contribution >= 4 is 0 Å². The molecule has 2 rings (SSSR count). The maximum atomic E-state index is 9.85. The van der Waals surface area contributed by atoms with Crippen molar-refractivity contribution in [2.75, 3.05) is 13.2 Å². The van der Waals surface area contributed by atoms with Crippen molar-refractivity contribution in [3.63, 3.8) is 0 Å². The summed E-state index contributed by atoms with van der Waals surface area (Å²) in [5.41, 5.74) is 1.17. The molecule has 3 heteroatoms. The van der Waals surface area contributed by atoms with Gasteiger partial charge in [0, 0.05) is 12.6 Å². The van der Waals surface area contributed by atoms with Crippen LogP contribution in [-0.4, -0.2) is 30.4 Å². The van der Waals surface area contributed by atoms with Gasteiger partial charge in [0.15, 0.2) is 0 Å². The summed E-state index contributed by atoms with van der Waals surface area (Å²) in [5.74, 6) is 0.829. The van der Waals surface area contributed by atoms with Gasteiger partial charge >= 0.3 is 0 Å². The minimum Gasteiger partial charge on any atom is -0.491 e. The summed E-state index contributed by atoms with van der Waals surface area (Å²) in [6.45, 7) is 3.00. The van der Waals surface area contributed by atoms with Crippen molar-refractivity contribution in [1.29, 1.82) is 0 Å². The molecular weight excluding hydrogens is 226 g/mol. The van der Waals surface area contributed by atoms with E-state index in [1.807, 2.05) is 31.2 Å². The van der Waals surface area contributed by atoms with Crippen LogP contribution in [0.2, 0.25) is 0 Å². The second kappa shape index (κ2) is 6.76. The molecule has 1 aliphatic rings. The van der Waals surface area contributed by atoms with Gasteiger partial charge in [-0.25, -0.2) is 0 Å². The van der Waals surface area contributed by atoms with Crippen molar-refractivity contribution < 1.29 is 9.84 Å². The zero-order chi connectivity index (χ0) is 12.8. The Balaban J connectivity index is 1.66. The van der Waals surface area contributed by atoms with Crippen LogP contribution in [0, 0.1) is 6.92 Å². The average Bonchev–Trinajstić information content (AvgIpc) is 2.87. The molecule has 1 saturated carbocycles. The fourth-order valence-electron chi connectivity index (χ4n) is 2.39. The van der Waals surface area contributed by atoms with E-state index in [1.54, 1.807) is 0 Å². The van der Waals surface area contributed by atoms with Crippen LogP contribution in [-0.2, 0) is 0 Å². The van der Waals surface area contributed by atoms with Gasteiger partial charge in [-0.05, 0) is 37.5 Å². The highest BCUT2D eigenvalue weighted by atomic mass is 16.5. The van der Waals surface area contributed by atoms with Crippen LogP contribution in [0.25, 0.3) is 0 Å². The van der Waals surface area contributed by atoms with Gasteiger partial charge in [-0.1, -0.05) is 25.0 Å². The first kappa shape index (κ1) is 13.4. The molecule has 0 spiro atoms. The Morgan fingerprint density at radius 2 is 2.17 bits per heavy atom. The molecule has 0 aliphatic heterocycles. The molecule has 1 fully saturated rings. The molecule has 0 aromatic heterocycles. The Bertz CT molecular complexity index is 361. The second-order valence-corrected chi connectivity index (χ2v) is 5.17. The highest BCUT2D eigenvalue weighted by molar-refractivity contribution is 5.27. The molecule has 100 valence electrons. The molecular formula is C15H23NO2. The minimum absolute atomic E-state index is 0.350. The standard InChI is InChI=1S/C15H23NO2/c1-12-5-4-8-15(9-12)18-11-14(17)10-16-13-6-2-3-7-13/h4-5,8-9,13-14,16-17H,2-3,6-7,10-11H2,1H3/t14-/m1/s1. The molecule has 0 radical (unpaired) electrons. The van der Waals surface area contributed by atoms with Gasteiger partial charge in [-0.2, -0.15) is 0 Å². The maximum absolute atomic E-state index is 9.85. The zero-order valence-corrected chi connectivity index (χ0v) is 11.1. The van der Waals surface area contributed by atoms with Gasteiger partial charge in [-0.15, -0.1) is 0 Å². The number of ether oxygens (including phenoxy) is 1. The average molecular weight is 249 g/mol. The fraction of sp³-hybridized carbons (Fsp3) is 0.600. The Labute approximate surface area is 109 Å². The largest absolute Gasteiger partial charge is 0.491 e. The lowest BCUT2D eigenvalue weighted by Gasteiger charge is -2.16. The van der Waals surface area contributed by atoms with Crippen LogP contribution < -0.4 is 10.1 Å². The molecule has 0 amide bonds. The highest BCUT2D eigenvalue weighted by Gasteiger charge is 2.15. The zero-order valence-electron chi connectivity index (χ0n) is 11.1. The molecule has 1 aromatic rings. The minimum atomic E-state index is -0.439. The molecule has 0 bridgehead atoms. The van der Waals surface area contributed by atoms with Crippen LogP contribution in [0.4, 0.5) is 0 Å². The third-order valence-corrected chi connectivity index (χ3v) is 3.43. The van der Waals surface area contributed by atoms with Crippen LogP contribution in [0.15, 0.2) is 24.3 Å². The third kappa shape index (κ3) is 4.31. The van der Waals surface area contributed by atoms with E-state index in [1.165, 1.54) is 31.2 Å². The summed E-state index contributed by atoms with van der Waals surface area (Å²) < 4.78 is 5.57. The Morgan fingerprint density at radius 1 is 1.39 bits per heavy atom. The second-order valence-electron chi connectivity index (χ2n) is 5.17. The summed E-state index contributed by atoms with van der Waals surface area (Å²) in [6.07, 6.45) is 4.67. The summed E-state index contributed by atoms with van der Waals surface area (Å²) in [6, 6.07) is 8.50. The summed E-state index contributed by atoms with van der Waals surface area (Å²) in [7, 11) is 0. The Hall–Kier alpha value is -1.06. The predicted octanol–water partition coefficient (Wildman–Crippen LogP) is 2.27. The molecule has 0 saturated heterocycles. The normalized spacial score (nSPS) is 17.9. The number of aryl methyl sites for hydroxylation is 1. The number of rotatable bonds is 6. The van der Waals surface area contributed by atoms with Crippen molar-refractivity contribution in [3.8, 4) is 5.75 Å². The lowest BCUT2D eigenvalue weighted by Crippen LogP contribution is -2.36. The van der Waals surface area contributed by atoms with Gasteiger partial charge < -0.3 is 15.2 Å². The van der Waals surface area contributed by atoms with Crippen LogP contribution in [0.5, 0.6) is 5.75 Å². The van der Waals surface area contributed by atoms with Crippen molar-refractivity contribution in [1.82, 2.24) is 5.32 Å². The van der Waals surface area contributed by atoms with Gasteiger partial charge in [0.25, 0.3) is 0 Å². The van der Waals surface area contributed by atoms with Crippen LogP contribution >= 0.6 is 0 Å². The molecule has 2 N–H and O–H groups in total. The first-order chi connectivity index (χ1) is 8.74. The highest BCUT2D eigenvalue weighted by Crippen LogP contribution is 2.17. The monoisotopic (exact) mass is 249 g/mol. The third-order valence-electron chi connectivity index (χ3n) is 3.43. The van der Waals surface area contributed by atoms with E-state index in [-0.39, 0.29) is 0 Å². The first-order valence-electron chi connectivity index (χ1n) is 6.85. The van der Waals surface area contributed by atoms with E-state index in [0.29, 0.717) is 19.2 Å². The van der Waals surface area contributed by atoms with Gasteiger partial charge in [0.05, 0.1) is 0 Å². The van der Waals surface area contributed by atoms with E-state index in [9.17, 15) is 5.11 Å². The van der Waals surface area contributed by atoms with Crippen molar-refractivity contribution in [2.45, 2.75) is 44.8 Å². The molecule has 18 heavy (non-hydrogen) atoms. The summed E-state index contributed by atoms with van der Waals surface area (Å²) >= 11 is 0. The molecule has 0 heterocycles. The molecule has 1 atom stereocenters. The van der Waals surface area contributed by atoms with E-state index >= 15 is 0 Å². The fourth-order valence-corrected chi connectivity index (χ4v) is 2.39. The number of benzene rings is 1. The smallest absolute Gasteiger partial charge is 0.119 e. The van der Waals surface area contributed by atoms with E-state index < -0.39 is 6.10 Å². The molecule has 1 aromatic carbocycles. The number of aliphatic hydroxyl groups excluding tert-OH is 1. The van der Waals surface area contributed by atoms with E-state index in [2.05, 4.69) is 5.32 Å². The summed E-state index contributed by atoms with van der Waals surface area (Å²) in [5, 5.41) is 13.3. The Morgan fingerprint density at radius 3 is 2.89 bits per heavy atom. The van der Waals surface area contributed by atoms with Gasteiger partial charge in [0.2, 0.25) is 0 Å². The number of hydrogen-bond donors (Lipinski definition) is 2. The van der Waals surface area contributed by atoms with E-state index in [4.69, 9.17) is 4.74 Å². The number of hydrogen-bond acceptors (Lipinski definition) is 3. The van der Waals surface area contributed by atoms with Gasteiger partial charge in [-0.3, -0.25) is 0 Å². The van der Waals surface area contributed by atoms with Crippen molar-refractivity contribution in [2.24, 2.45) is 0 Å². The van der Waals surface area contributed by atoms with E-state index in [0.717, 1.165) is 5.75 Å². The predicted molar refractivity (Wildman–Crippen MR) is 72.9 cm³/mol. The van der Waals surface area contributed by atoms with Gasteiger partial charge in [0.1, 0.15) is 18.5 Å². The van der Waals surface area contributed by atoms with Crippen molar-refractivity contribution in [3.05, 3.63) is 29.8 Å². The molecule has 3 nitrogen and oxygen atoms in total. The SMILES string of the molecule is Cc1cccc(OC[C@H](O)CNC2CCCC2)c1. The lowest BCUT2D eigenvalue weighted by molar-refractivity contribution is 0.104. The van der Waals surface area contributed by atoms with Crippen LogP contribution in [0.3, 0.4) is 0 Å². The number of nitrogens with one attached hydrogen (secondary N) is 1. The number of aliphatic hydroxyl groups is 1. The summed E-state index contributed by atoms with van der Waals surface area (Å²) in [4.78, 5) is 0. The molecule has 1 aliphatic carbocycles. The maximum Gasteiger partial charge on any atom is 0.119 e. The first-order valence-corrected chi connectivity index (χ1v) is 6.85. The topological polar surface area (TPSA) is 41.5 Å². The lowest BCUT2D eigenvalue weighted by atomic mass is 10.2. The van der Waals surface area contributed by atoms with Crippen LogP contribution in [0.1, 0.15) is 31.2 Å². The molecule has 0 unspecified atom stereocenters. The Kier molecular flexibility index (Phi) is 5.02. The quantitative estimate of drug-likeness (QED) is 0.812.